The Hall–Kier alpha value is -2.11. The number of benzene rings is 1. The molecule has 0 spiro atoms. The number of carbonyl (C=O) groups excluding carboxylic acids is 1. The lowest BCUT2D eigenvalue weighted by molar-refractivity contribution is -0.118. The average Bonchev–Trinajstić information content (AvgIpc) is 2.66. The van der Waals surface area contributed by atoms with Crippen LogP contribution in [0.1, 0.15) is 24.8 Å². The number of allylic oxidation sites excluding steroid dienone is 3. The molecule has 1 aliphatic rings. The van der Waals surface area contributed by atoms with Crippen LogP contribution < -0.4 is 9.47 Å². The van der Waals surface area contributed by atoms with E-state index in [1.54, 1.807) is 20.3 Å². The summed E-state index contributed by atoms with van der Waals surface area (Å²) < 4.78 is 21.4. The molecule has 0 fully saturated rings. The van der Waals surface area contributed by atoms with Crippen LogP contribution >= 0.6 is 0 Å². The van der Waals surface area contributed by atoms with E-state index >= 15 is 0 Å². The molecule has 5 heteroatoms. The first-order chi connectivity index (χ1) is 12.7. The number of methoxy groups -OCH3 is 2. The number of hydrogen-bond donors (Lipinski definition) is 0. The summed E-state index contributed by atoms with van der Waals surface area (Å²) in [5.74, 6) is 1.71. The highest BCUT2D eigenvalue weighted by Gasteiger charge is 2.16. The van der Waals surface area contributed by atoms with E-state index in [1.165, 1.54) is 0 Å². The van der Waals surface area contributed by atoms with Crippen LogP contribution in [0, 0.1) is 5.92 Å². The molecule has 26 heavy (non-hydrogen) atoms. The van der Waals surface area contributed by atoms with Gasteiger partial charge in [0.25, 0.3) is 0 Å². The lowest BCUT2D eigenvalue weighted by atomic mass is 9.90. The summed E-state index contributed by atoms with van der Waals surface area (Å²) in [4.78, 5) is 11.8. The van der Waals surface area contributed by atoms with E-state index in [0.717, 1.165) is 24.8 Å². The van der Waals surface area contributed by atoms with Gasteiger partial charge in [-0.25, -0.2) is 0 Å². The molecule has 1 unspecified atom stereocenters. The highest BCUT2D eigenvalue weighted by atomic mass is 16.5. The molecule has 0 saturated carbocycles. The normalized spacial score (nSPS) is 17.0. The first kappa shape index (κ1) is 20.2. The second-order valence-electron chi connectivity index (χ2n) is 6.08. The van der Waals surface area contributed by atoms with Gasteiger partial charge in [-0.2, -0.15) is 0 Å². The third-order valence-corrected chi connectivity index (χ3v) is 4.20. The third-order valence-electron chi connectivity index (χ3n) is 4.20. The Bertz CT molecular complexity index is 621. The van der Waals surface area contributed by atoms with Gasteiger partial charge in [0.15, 0.2) is 17.3 Å². The molecular weight excluding hydrogens is 332 g/mol. The Morgan fingerprint density at radius 2 is 1.96 bits per heavy atom. The Morgan fingerprint density at radius 1 is 1.12 bits per heavy atom. The Labute approximate surface area is 155 Å². The molecule has 1 aromatic carbocycles. The van der Waals surface area contributed by atoms with Crippen molar-refractivity contribution in [3.63, 3.8) is 0 Å². The summed E-state index contributed by atoms with van der Waals surface area (Å²) in [6, 6.07) is 5.80. The third kappa shape index (κ3) is 6.65. The van der Waals surface area contributed by atoms with Gasteiger partial charge in [0.05, 0.1) is 26.9 Å². The summed E-state index contributed by atoms with van der Waals surface area (Å²) in [6.07, 6.45) is 10.4. The van der Waals surface area contributed by atoms with Gasteiger partial charge in [0, 0.05) is 13.0 Å². The Kier molecular flexibility index (Phi) is 8.93. The van der Waals surface area contributed by atoms with E-state index < -0.39 is 0 Å². The van der Waals surface area contributed by atoms with E-state index in [9.17, 15) is 4.79 Å². The SMILES string of the molecule is COCCOCCOc1ccc(/C=C/CC2CCC=CC2=O)cc1OC. The van der Waals surface area contributed by atoms with Crippen LogP contribution in [0.15, 0.2) is 36.4 Å². The second kappa shape index (κ2) is 11.5. The summed E-state index contributed by atoms with van der Waals surface area (Å²) in [5, 5.41) is 0. The molecule has 1 aliphatic carbocycles. The van der Waals surface area contributed by atoms with Crippen molar-refractivity contribution < 1.29 is 23.7 Å². The highest BCUT2D eigenvalue weighted by Crippen LogP contribution is 2.29. The molecule has 1 atom stereocenters. The van der Waals surface area contributed by atoms with Gasteiger partial charge in [-0.3, -0.25) is 4.79 Å². The topological polar surface area (TPSA) is 54.0 Å². The molecule has 0 heterocycles. The molecule has 1 aromatic rings. The van der Waals surface area contributed by atoms with Crippen LogP contribution in [0.2, 0.25) is 0 Å². The van der Waals surface area contributed by atoms with Gasteiger partial charge in [-0.15, -0.1) is 0 Å². The average molecular weight is 360 g/mol. The van der Waals surface area contributed by atoms with Crippen molar-refractivity contribution in [2.24, 2.45) is 5.92 Å². The fraction of sp³-hybridized carbons (Fsp3) is 0.476. The molecular formula is C21H28O5. The first-order valence-electron chi connectivity index (χ1n) is 8.99. The minimum Gasteiger partial charge on any atom is -0.493 e. The van der Waals surface area contributed by atoms with Gasteiger partial charge in [-0.1, -0.05) is 24.3 Å². The van der Waals surface area contributed by atoms with Crippen LogP contribution in [0.4, 0.5) is 0 Å². The second-order valence-corrected chi connectivity index (χ2v) is 6.08. The van der Waals surface area contributed by atoms with E-state index in [1.807, 2.05) is 30.4 Å². The standard InChI is InChI=1S/C21H28O5/c1-23-12-13-25-14-15-26-20-11-10-17(16-21(20)24-2)6-5-8-18-7-3-4-9-19(18)22/h4-6,9-11,16,18H,3,7-8,12-15H2,1-2H3/b6-5+. The molecule has 142 valence electrons. The number of carbonyl (C=O) groups is 1. The van der Waals surface area contributed by atoms with Crippen LogP contribution in [-0.4, -0.2) is 46.4 Å². The lowest BCUT2D eigenvalue weighted by Gasteiger charge is -2.14. The smallest absolute Gasteiger partial charge is 0.161 e. The predicted octanol–water partition coefficient (Wildman–Crippen LogP) is 3.68. The van der Waals surface area contributed by atoms with Gasteiger partial charge < -0.3 is 18.9 Å². The Morgan fingerprint density at radius 3 is 2.73 bits per heavy atom. The molecule has 0 aromatic heterocycles. The molecule has 0 saturated heterocycles. The molecule has 0 radical (unpaired) electrons. The fourth-order valence-electron chi connectivity index (χ4n) is 2.74. The van der Waals surface area contributed by atoms with Gasteiger partial charge in [0.1, 0.15) is 6.61 Å². The zero-order valence-electron chi connectivity index (χ0n) is 15.6. The largest absolute Gasteiger partial charge is 0.493 e. The molecule has 0 bridgehead atoms. The van der Waals surface area contributed by atoms with Crippen LogP contribution in [0.25, 0.3) is 6.08 Å². The lowest BCUT2D eigenvalue weighted by Crippen LogP contribution is -2.13. The van der Waals surface area contributed by atoms with E-state index in [0.29, 0.717) is 37.9 Å². The maximum absolute atomic E-state index is 11.8. The first-order valence-corrected chi connectivity index (χ1v) is 8.99. The number of ketones is 1. The number of rotatable bonds is 11. The van der Waals surface area contributed by atoms with Gasteiger partial charge >= 0.3 is 0 Å². The van der Waals surface area contributed by atoms with Gasteiger partial charge in [-0.05, 0) is 43.0 Å². The summed E-state index contributed by atoms with van der Waals surface area (Å²) in [5.41, 5.74) is 1.02. The van der Waals surface area contributed by atoms with Crippen molar-refractivity contribution >= 4 is 11.9 Å². The van der Waals surface area contributed by atoms with E-state index in [-0.39, 0.29) is 11.7 Å². The summed E-state index contributed by atoms with van der Waals surface area (Å²) >= 11 is 0. The van der Waals surface area contributed by atoms with Crippen molar-refractivity contribution in [2.75, 3.05) is 40.6 Å². The molecule has 0 N–H and O–H groups in total. The fourth-order valence-corrected chi connectivity index (χ4v) is 2.74. The van der Waals surface area contributed by atoms with Crippen LogP contribution in [0.5, 0.6) is 11.5 Å². The molecule has 0 aliphatic heterocycles. The van der Waals surface area contributed by atoms with Crippen molar-refractivity contribution in [3.8, 4) is 11.5 Å². The molecule has 2 rings (SSSR count). The zero-order valence-corrected chi connectivity index (χ0v) is 15.6. The van der Waals surface area contributed by atoms with E-state index in [2.05, 4.69) is 6.08 Å². The number of ether oxygens (including phenoxy) is 4. The van der Waals surface area contributed by atoms with Crippen LogP contribution in [0.3, 0.4) is 0 Å². The highest BCUT2D eigenvalue weighted by molar-refractivity contribution is 5.92. The monoisotopic (exact) mass is 360 g/mol. The van der Waals surface area contributed by atoms with E-state index in [4.69, 9.17) is 18.9 Å². The zero-order chi connectivity index (χ0) is 18.6. The summed E-state index contributed by atoms with van der Waals surface area (Å²) in [7, 11) is 3.27. The number of hydrogen-bond acceptors (Lipinski definition) is 5. The quantitative estimate of drug-likeness (QED) is 0.564. The van der Waals surface area contributed by atoms with Gasteiger partial charge in [0.2, 0.25) is 0 Å². The van der Waals surface area contributed by atoms with Crippen LogP contribution in [-0.2, 0) is 14.3 Å². The van der Waals surface area contributed by atoms with Crippen molar-refractivity contribution in [2.45, 2.75) is 19.3 Å². The predicted molar refractivity (Wildman–Crippen MR) is 102 cm³/mol. The summed E-state index contributed by atoms with van der Waals surface area (Å²) in [6.45, 7) is 2.08. The maximum Gasteiger partial charge on any atom is 0.161 e. The minimum atomic E-state index is 0.110. The van der Waals surface area contributed by atoms with Crippen molar-refractivity contribution in [3.05, 3.63) is 42.0 Å². The van der Waals surface area contributed by atoms with Crippen molar-refractivity contribution in [1.29, 1.82) is 0 Å². The minimum absolute atomic E-state index is 0.110. The molecule has 0 amide bonds. The molecule has 5 nitrogen and oxygen atoms in total. The maximum atomic E-state index is 11.8. The van der Waals surface area contributed by atoms with Crippen molar-refractivity contribution in [1.82, 2.24) is 0 Å². The Balaban J connectivity index is 1.83.